The summed E-state index contributed by atoms with van der Waals surface area (Å²) >= 11 is 0. The highest BCUT2D eigenvalue weighted by Crippen LogP contribution is 2.26. The Labute approximate surface area is 104 Å². The van der Waals surface area contributed by atoms with Gasteiger partial charge in [0.2, 0.25) is 0 Å². The first kappa shape index (κ1) is 12.4. The van der Waals surface area contributed by atoms with E-state index in [9.17, 15) is 0 Å². The van der Waals surface area contributed by atoms with E-state index >= 15 is 0 Å². The Hall–Kier alpha value is -1.08. The van der Waals surface area contributed by atoms with E-state index < -0.39 is 0 Å². The van der Waals surface area contributed by atoms with Gasteiger partial charge in [-0.1, -0.05) is 42.0 Å². The van der Waals surface area contributed by atoms with Crippen LogP contribution < -0.4 is 0 Å². The molecule has 0 bridgehead atoms. The number of benzene rings is 1. The molecule has 1 heteroatoms. The highest BCUT2D eigenvalue weighted by Gasteiger charge is 2.12. The standard InChI is InChI=1S/C16H22O/c1-14-6-5-9-15(12-14)10-11-17-13-16-7-3-2-4-8-16/h2-4,6-8,15H,5,9-13H2,1H3/t15-/m1/s1. The highest BCUT2D eigenvalue weighted by atomic mass is 16.5. The molecule has 17 heavy (non-hydrogen) atoms. The van der Waals surface area contributed by atoms with Gasteiger partial charge in [0.25, 0.3) is 0 Å². The molecule has 0 saturated heterocycles. The molecule has 0 heterocycles. The lowest BCUT2D eigenvalue weighted by Crippen LogP contribution is -2.09. The van der Waals surface area contributed by atoms with E-state index in [2.05, 4.69) is 37.3 Å². The first-order chi connectivity index (χ1) is 8.34. The minimum atomic E-state index is 0.752. The Morgan fingerprint density at radius 3 is 2.82 bits per heavy atom. The maximum absolute atomic E-state index is 5.74. The van der Waals surface area contributed by atoms with Crippen LogP contribution in [0.1, 0.15) is 38.2 Å². The third-order valence-electron chi connectivity index (χ3n) is 3.46. The predicted molar refractivity (Wildman–Crippen MR) is 71.8 cm³/mol. The van der Waals surface area contributed by atoms with Crippen molar-refractivity contribution in [1.29, 1.82) is 0 Å². The number of allylic oxidation sites excluding steroid dienone is 2. The Bertz CT molecular complexity index is 353. The molecule has 0 N–H and O–H groups in total. The van der Waals surface area contributed by atoms with Gasteiger partial charge in [-0.05, 0) is 44.1 Å². The normalized spacial score (nSPS) is 20.1. The maximum Gasteiger partial charge on any atom is 0.0716 e. The van der Waals surface area contributed by atoms with Crippen molar-refractivity contribution in [2.45, 2.75) is 39.2 Å². The van der Waals surface area contributed by atoms with Crippen molar-refractivity contribution in [1.82, 2.24) is 0 Å². The SMILES string of the molecule is CC1=CCC[C@H](CCOCc2ccccc2)C1. The average Bonchev–Trinajstić information content (AvgIpc) is 2.36. The fourth-order valence-corrected chi connectivity index (χ4v) is 2.47. The molecule has 1 aliphatic carbocycles. The van der Waals surface area contributed by atoms with Crippen LogP contribution in [0.5, 0.6) is 0 Å². The zero-order valence-electron chi connectivity index (χ0n) is 10.7. The van der Waals surface area contributed by atoms with Crippen LogP contribution in [0.25, 0.3) is 0 Å². The monoisotopic (exact) mass is 230 g/mol. The summed E-state index contributed by atoms with van der Waals surface area (Å²) in [7, 11) is 0. The number of ether oxygens (including phenoxy) is 1. The van der Waals surface area contributed by atoms with Gasteiger partial charge in [-0.15, -0.1) is 0 Å². The first-order valence-electron chi connectivity index (χ1n) is 6.62. The molecule has 1 aromatic rings. The largest absolute Gasteiger partial charge is 0.377 e. The van der Waals surface area contributed by atoms with Crippen LogP contribution in [0.4, 0.5) is 0 Å². The van der Waals surface area contributed by atoms with Crippen LogP contribution in [-0.2, 0) is 11.3 Å². The fourth-order valence-electron chi connectivity index (χ4n) is 2.47. The Morgan fingerprint density at radius 2 is 2.06 bits per heavy atom. The summed E-state index contributed by atoms with van der Waals surface area (Å²) in [4.78, 5) is 0. The van der Waals surface area contributed by atoms with Crippen LogP contribution >= 0.6 is 0 Å². The van der Waals surface area contributed by atoms with Crippen molar-refractivity contribution >= 4 is 0 Å². The summed E-state index contributed by atoms with van der Waals surface area (Å²) in [6, 6.07) is 10.4. The van der Waals surface area contributed by atoms with E-state index in [1.165, 1.54) is 31.2 Å². The molecule has 0 aromatic heterocycles. The van der Waals surface area contributed by atoms with Gasteiger partial charge in [0.15, 0.2) is 0 Å². The molecule has 0 radical (unpaired) electrons. The summed E-state index contributed by atoms with van der Waals surface area (Å²) in [5.74, 6) is 0.843. The molecule has 1 nitrogen and oxygen atoms in total. The third kappa shape index (κ3) is 4.35. The van der Waals surface area contributed by atoms with E-state index in [1.807, 2.05) is 6.07 Å². The molecular formula is C16H22O. The second-order valence-corrected chi connectivity index (χ2v) is 5.02. The van der Waals surface area contributed by atoms with Gasteiger partial charge in [-0.25, -0.2) is 0 Å². The van der Waals surface area contributed by atoms with Crippen molar-refractivity contribution in [3.8, 4) is 0 Å². The number of hydrogen-bond donors (Lipinski definition) is 0. The minimum Gasteiger partial charge on any atom is -0.377 e. The molecule has 1 atom stereocenters. The van der Waals surface area contributed by atoms with Crippen molar-refractivity contribution in [3.63, 3.8) is 0 Å². The summed E-state index contributed by atoms with van der Waals surface area (Å²) in [5, 5.41) is 0. The molecule has 0 spiro atoms. The van der Waals surface area contributed by atoms with Crippen LogP contribution in [0.15, 0.2) is 42.0 Å². The lowest BCUT2D eigenvalue weighted by molar-refractivity contribution is 0.105. The maximum atomic E-state index is 5.74. The highest BCUT2D eigenvalue weighted by molar-refractivity contribution is 5.13. The molecular weight excluding hydrogens is 208 g/mol. The quantitative estimate of drug-likeness (QED) is 0.540. The lowest BCUT2D eigenvalue weighted by atomic mass is 9.87. The molecule has 0 amide bonds. The van der Waals surface area contributed by atoms with Crippen molar-refractivity contribution in [3.05, 3.63) is 47.5 Å². The number of rotatable bonds is 5. The van der Waals surface area contributed by atoms with E-state index in [1.54, 1.807) is 5.57 Å². The van der Waals surface area contributed by atoms with E-state index in [0.29, 0.717) is 0 Å². The summed E-state index contributed by atoms with van der Waals surface area (Å²) in [6.07, 6.45) is 7.45. The van der Waals surface area contributed by atoms with Gasteiger partial charge in [0.1, 0.15) is 0 Å². The summed E-state index contributed by atoms with van der Waals surface area (Å²) in [6.45, 7) is 3.90. The van der Waals surface area contributed by atoms with E-state index in [-0.39, 0.29) is 0 Å². The molecule has 92 valence electrons. The Morgan fingerprint density at radius 1 is 1.24 bits per heavy atom. The van der Waals surface area contributed by atoms with Crippen molar-refractivity contribution in [2.24, 2.45) is 5.92 Å². The van der Waals surface area contributed by atoms with E-state index in [4.69, 9.17) is 4.74 Å². The van der Waals surface area contributed by atoms with Gasteiger partial charge in [-0.2, -0.15) is 0 Å². The van der Waals surface area contributed by atoms with Gasteiger partial charge < -0.3 is 4.74 Å². The zero-order valence-corrected chi connectivity index (χ0v) is 10.7. The first-order valence-corrected chi connectivity index (χ1v) is 6.62. The third-order valence-corrected chi connectivity index (χ3v) is 3.46. The van der Waals surface area contributed by atoms with Crippen LogP contribution in [-0.4, -0.2) is 6.61 Å². The second kappa shape index (κ2) is 6.61. The molecule has 2 rings (SSSR count). The molecule has 0 fully saturated rings. The van der Waals surface area contributed by atoms with Gasteiger partial charge >= 0.3 is 0 Å². The minimum absolute atomic E-state index is 0.752. The van der Waals surface area contributed by atoms with Crippen LogP contribution in [0.2, 0.25) is 0 Å². The summed E-state index contributed by atoms with van der Waals surface area (Å²) < 4.78 is 5.74. The summed E-state index contributed by atoms with van der Waals surface area (Å²) in [5.41, 5.74) is 2.83. The second-order valence-electron chi connectivity index (χ2n) is 5.02. The van der Waals surface area contributed by atoms with Crippen LogP contribution in [0, 0.1) is 5.92 Å². The van der Waals surface area contributed by atoms with Crippen LogP contribution in [0.3, 0.4) is 0 Å². The molecule has 1 aromatic carbocycles. The van der Waals surface area contributed by atoms with Crippen molar-refractivity contribution < 1.29 is 4.74 Å². The molecule has 0 unspecified atom stereocenters. The van der Waals surface area contributed by atoms with E-state index in [0.717, 1.165) is 19.1 Å². The Balaban J connectivity index is 1.62. The van der Waals surface area contributed by atoms with Gasteiger partial charge in [0, 0.05) is 6.61 Å². The van der Waals surface area contributed by atoms with Crippen molar-refractivity contribution in [2.75, 3.05) is 6.61 Å². The number of hydrogen-bond acceptors (Lipinski definition) is 1. The van der Waals surface area contributed by atoms with Gasteiger partial charge in [0.05, 0.1) is 6.61 Å². The fraction of sp³-hybridized carbons (Fsp3) is 0.500. The molecule has 0 aliphatic heterocycles. The molecule has 1 aliphatic rings. The Kier molecular flexibility index (Phi) is 4.81. The predicted octanol–water partition coefficient (Wildman–Crippen LogP) is 4.34. The topological polar surface area (TPSA) is 9.23 Å². The smallest absolute Gasteiger partial charge is 0.0716 e. The van der Waals surface area contributed by atoms with Gasteiger partial charge in [-0.3, -0.25) is 0 Å². The molecule has 0 saturated carbocycles. The zero-order chi connectivity index (χ0) is 11.9. The lowest BCUT2D eigenvalue weighted by Gasteiger charge is -2.20. The average molecular weight is 230 g/mol.